The molecule has 2 atom stereocenters. The second-order valence-corrected chi connectivity index (χ2v) is 10.2. The maximum atomic E-state index is 13.0. The minimum atomic E-state index is -0.821. The van der Waals surface area contributed by atoms with E-state index in [-0.39, 0.29) is 18.0 Å². The van der Waals surface area contributed by atoms with Crippen LogP contribution in [0.4, 0.5) is 4.79 Å². The highest BCUT2D eigenvalue weighted by Gasteiger charge is 2.43. The average molecular weight is 453 g/mol. The van der Waals surface area contributed by atoms with Crippen LogP contribution in [0.3, 0.4) is 0 Å². The molecule has 3 heterocycles. The number of carbonyl (C=O) groups is 2. The topological polar surface area (TPSA) is 85.7 Å². The minimum absolute atomic E-state index is 0.246. The van der Waals surface area contributed by atoms with Crippen molar-refractivity contribution in [3.63, 3.8) is 0 Å². The summed E-state index contributed by atoms with van der Waals surface area (Å²) in [6, 6.07) is 8.23. The van der Waals surface area contributed by atoms with Crippen LogP contribution in [-0.2, 0) is 20.7 Å². The minimum Gasteiger partial charge on any atom is -0.444 e. The third-order valence-corrected chi connectivity index (χ3v) is 6.88. The molecule has 1 saturated carbocycles. The molecule has 1 aromatic carbocycles. The van der Waals surface area contributed by atoms with Gasteiger partial charge in [-0.25, -0.2) is 9.48 Å². The van der Waals surface area contributed by atoms with E-state index in [9.17, 15) is 9.59 Å². The summed E-state index contributed by atoms with van der Waals surface area (Å²) in [5, 5.41) is 7.79. The molecular weight excluding hydrogens is 420 g/mol. The molecule has 8 heteroatoms. The van der Waals surface area contributed by atoms with Gasteiger partial charge in [0, 0.05) is 32.2 Å². The highest BCUT2D eigenvalue weighted by molar-refractivity contribution is 5.83. The summed E-state index contributed by atoms with van der Waals surface area (Å²) in [7, 11) is 1.51. The summed E-state index contributed by atoms with van der Waals surface area (Å²) >= 11 is 0. The van der Waals surface area contributed by atoms with Crippen molar-refractivity contribution in [3.8, 4) is 5.69 Å². The van der Waals surface area contributed by atoms with Gasteiger partial charge < -0.3 is 14.8 Å². The van der Waals surface area contributed by atoms with Gasteiger partial charge in [-0.3, -0.25) is 9.69 Å². The smallest absolute Gasteiger partial charge is 0.410 e. The zero-order chi connectivity index (χ0) is 23.3. The Morgan fingerprint density at radius 1 is 1.18 bits per heavy atom. The fourth-order valence-electron chi connectivity index (χ4n) is 5.05. The van der Waals surface area contributed by atoms with Crippen molar-refractivity contribution in [3.05, 3.63) is 46.8 Å². The van der Waals surface area contributed by atoms with Gasteiger partial charge in [-0.05, 0) is 57.2 Å². The van der Waals surface area contributed by atoms with Crippen LogP contribution in [0.25, 0.3) is 5.69 Å². The lowest BCUT2D eigenvalue weighted by Gasteiger charge is -2.36. The Kier molecular flexibility index (Phi) is 5.43. The highest BCUT2D eigenvalue weighted by atomic mass is 16.6. The SMILES string of the molecule is COC1C(=O)NCC2c3c1nn(-c1ccc(C4CCC4)cc1)c3CCN2C(=O)OC(C)(C)C. The predicted octanol–water partition coefficient (Wildman–Crippen LogP) is 3.79. The number of hydrogen-bond acceptors (Lipinski definition) is 5. The Morgan fingerprint density at radius 2 is 1.91 bits per heavy atom. The first-order valence-electron chi connectivity index (χ1n) is 11.8. The Balaban J connectivity index is 1.56. The molecule has 176 valence electrons. The molecule has 1 aromatic heterocycles. The number of aromatic nitrogens is 2. The fourth-order valence-corrected chi connectivity index (χ4v) is 5.05. The number of rotatable bonds is 3. The molecule has 2 aromatic rings. The monoisotopic (exact) mass is 452 g/mol. The normalized spacial score (nSPS) is 22.8. The Morgan fingerprint density at radius 3 is 2.52 bits per heavy atom. The maximum absolute atomic E-state index is 13.0. The summed E-state index contributed by atoms with van der Waals surface area (Å²) in [5.74, 6) is 0.420. The van der Waals surface area contributed by atoms with Crippen LogP contribution in [0, 0.1) is 0 Å². The molecule has 2 aliphatic heterocycles. The second-order valence-electron chi connectivity index (χ2n) is 10.2. The lowest BCUT2D eigenvalue weighted by atomic mass is 9.80. The Labute approximate surface area is 194 Å². The molecule has 33 heavy (non-hydrogen) atoms. The van der Waals surface area contributed by atoms with E-state index in [1.54, 1.807) is 4.90 Å². The van der Waals surface area contributed by atoms with E-state index in [0.717, 1.165) is 16.9 Å². The summed E-state index contributed by atoms with van der Waals surface area (Å²) in [6.07, 6.45) is 3.23. The van der Waals surface area contributed by atoms with Crippen molar-refractivity contribution in [2.75, 3.05) is 20.2 Å². The van der Waals surface area contributed by atoms with Crippen molar-refractivity contribution in [1.82, 2.24) is 20.0 Å². The van der Waals surface area contributed by atoms with Gasteiger partial charge in [0.1, 0.15) is 11.3 Å². The van der Waals surface area contributed by atoms with Crippen LogP contribution < -0.4 is 5.32 Å². The van der Waals surface area contributed by atoms with Gasteiger partial charge in [0.05, 0.1) is 17.4 Å². The number of carbonyl (C=O) groups excluding carboxylic acids is 2. The molecule has 8 nitrogen and oxygen atoms in total. The lowest BCUT2D eigenvalue weighted by molar-refractivity contribution is -0.131. The summed E-state index contributed by atoms with van der Waals surface area (Å²) in [5.41, 5.74) is 4.21. The first-order valence-corrected chi connectivity index (χ1v) is 11.8. The van der Waals surface area contributed by atoms with Crippen molar-refractivity contribution < 1.29 is 19.1 Å². The first-order chi connectivity index (χ1) is 15.8. The van der Waals surface area contributed by atoms with Crippen molar-refractivity contribution >= 4 is 12.0 Å². The van der Waals surface area contributed by atoms with E-state index in [2.05, 4.69) is 29.6 Å². The standard InChI is InChI=1S/C25H32N4O4/c1-25(2,3)33-24(31)28-13-12-18-20-19(28)14-26-23(30)22(32-4)21(20)27-29(18)17-10-8-16(9-11-17)15-6-5-7-15/h8-11,15,19,22H,5-7,12-14H2,1-4H3,(H,26,30). The van der Waals surface area contributed by atoms with Gasteiger partial charge in [0.2, 0.25) is 0 Å². The van der Waals surface area contributed by atoms with Crippen LogP contribution >= 0.6 is 0 Å². The number of methoxy groups -OCH3 is 1. The number of ether oxygens (including phenoxy) is 2. The molecule has 1 fully saturated rings. The van der Waals surface area contributed by atoms with Crippen molar-refractivity contribution in [2.24, 2.45) is 0 Å². The largest absolute Gasteiger partial charge is 0.444 e. The fraction of sp³-hybridized carbons (Fsp3) is 0.560. The third-order valence-electron chi connectivity index (χ3n) is 6.88. The number of nitrogens with one attached hydrogen (secondary N) is 1. The summed E-state index contributed by atoms with van der Waals surface area (Å²) in [4.78, 5) is 27.5. The lowest BCUT2D eigenvalue weighted by Crippen LogP contribution is -2.46. The predicted molar refractivity (Wildman–Crippen MR) is 122 cm³/mol. The highest BCUT2D eigenvalue weighted by Crippen LogP contribution is 2.40. The van der Waals surface area contributed by atoms with Crippen LogP contribution in [0.5, 0.6) is 0 Å². The van der Waals surface area contributed by atoms with Crippen LogP contribution in [-0.4, -0.2) is 52.5 Å². The third kappa shape index (κ3) is 3.90. The molecule has 2 amide bonds. The molecule has 3 aliphatic rings. The van der Waals surface area contributed by atoms with E-state index in [0.29, 0.717) is 31.1 Å². The quantitative estimate of drug-likeness (QED) is 0.766. The molecule has 1 N–H and O–H groups in total. The summed E-state index contributed by atoms with van der Waals surface area (Å²) < 4.78 is 13.2. The van der Waals surface area contributed by atoms with E-state index in [1.807, 2.05) is 25.5 Å². The molecule has 1 aliphatic carbocycles. The van der Waals surface area contributed by atoms with Gasteiger partial charge in [-0.2, -0.15) is 5.10 Å². The number of benzene rings is 1. The zero-order valence-corrected chi connectivity index (χ0v) is 19.8. The Bertz CT molecular complexity index is 1070. The summed E-state index contributed by atoms with van der Waals surface area (Å²) in [6.45, 7) is 6.35. The van der Waals surface area contributed by atoms with Crippen molar-refractivity contribution in [1.29, 1.82) is 0 Å². The molecule has 0 bridgehead atoms. The van der Waals surface area contributed by atoms with Gasteiger partial charge in [-0.15, -0.1) is 0 Å². The van der Waals surface area contributed by atoms with E-state index in [1.165, 1.54) is 31.9 Å². The molecule has 2 unspecified atom stereocenters. The van der Waals surface area contributed by atoms with Crippen LogP contribution in [0.15, 0.2) is 24.3 Å². The molecular formula is C25H32N4O4. The Hall–Kier alpha value is -2.87. The first kappa shape index (κ1) is 21.9. The van der Waals surface area contributed by atoms with Crippen LogP contribution in [0.2, 0.25) is 0 Å². The molecule has 0 spiro atoms. The number of nitrogens with zero attached hydrogens (tertiary/aromatic N) is 3. The van der Waals surface area contributed by atoms with Gasteiger partial charge in [0.15, 0.2) is 6.10 Å². The van der Waals surface area contributed by atoms with Gasteiger partial charge >= 0.3 is 6.09 Å². The van der Waals surface area contributed by atoms with E-state index in [4.69, 9.17) is 14.6 Å². The zero-order valence-electron chi connectivity index (χ0n) is 19.8. The second kappa shape index (κ2) is 8.17. The van der Waals surface area contributed by atoms with Gasteiger partial charge in [-0.1, -0.05) is 18.6 Å². The van der Waals surface area contributed by atoms with Gasteiger partial charge in [0.25, 0.3) is 5.91 Å². The number of hydrogen-bond donors (Lipinski definition) is 1. The molecule has 5 rings (SSSR count). The molecule has 0 radical (unpaired) electrons. The number of amides is 2. The van der Waals surface area contributed by atoms with E-state index >= 15 is 0 Å². The van der Waals surface area contributed by atoms with Crippen molar-refractivity contribution in [2.45, 2.75) is 70.1 Å². The van der Waals surface area contributed by atoms with E-state index < -0.39 is 11.7 Å². The average Bonchev–Trinajstić information content (AvgIpc) is 3.03. The van der Waals surface area contributed by atoms with Crippen LogP contribution in [0.1, 0.15) is 80.6 Å². The maximum Gasteiger partial charge on any atom is 0.410 e. The molecule has 0 saturated heterocycles.